The van der Waals surface area contributed by atoms with Crippen molar-refractivity contribution < 1.29 is 18.0 Å². The third-order valence-electron chi connectivity index (χ3n) is 2.95. The van der Waals surface area contributed by atoms with Crippen LogP contribution in [0.1, 0.15) is 0 Å². The molecule has 1 aliphatic rings. The van der Waals surface area contributed by atoms with Crippen LogP contribution < -0.4 is 16.0 Å². The Morgan fingerprint density at radius 2 is 1.83 bits per heavy atom. The molecule has 2 rings (SSSR count). The van der Waals surface area contributed by atoms with E-state index in [1.165, 1.54) is 18.2 Å². The lowest BCUT2D eigenvalue weighted by Crippen LogP contribution is -2.57. The van der Waals surface area contributed by atoms with Gasteiger partial charge >= 0.3 is 12.2 Å². The number of hydrogen-bond donors (Lipinski definition) is 2. The summed E-state index contributed by atoms with van der Waals surface area (Å²) < 4.78 is 38.0. The molecule has 0 saturated heterocycles. The third kappa shape index (κ3) is 3.52. The Bertz CT molecular complexity index is 685. The summed E-state index contributed by atoms with van der Waals surface area (Å²) in [5, 5.41) is 0.503. The van der Waals surface area contributed by atoms with Gasteiger partial charge in [0.25, 0.3) is 0 Å². The summed E-state index contributed by atoms with van der Waals surface area (Å²) >= 11 is 18.2. The van der Waals surface area contributed by atoms with E-state index in [0.29, 0.717) is 6.20 Å². The Labute approximate surface area is 144 Å². The van der Waals surface area contributed by atoms with Gasteiger partial charge in [0, 0.05) is 6.20 Å². The fourth-order valence-corrected chi connectivity index (χ4v) is 2.78. The first kappa shape index (κ1) is 17.8. The second-order valence-electron chi connectivity index (χ2n) is 4.49. The average molecular weight is 387 g/mol. The minimum Gasteiger partial charge on any atom is -0.352 e. The number of amides is 2. The van der Waals surface area contributed by atoms with E-state index in [1.54, 1.807) is 0 Å². The first-order valence-corrected chi connectivity index (χ1v) is 7.16. The molecule has 1 aliphatic heterocycles. The molecule has 0 radical (unpaired) electrons. The van der Waals surface area contributed by atoms with Gasteiger partial charge in [0.15, 0.2) is 0 Å². The molecular weight excluding hydrogens is 378 g/mol. The molecular formula is C13H9Cl3F3N3O. The maximum Gasteiger partial charge on any atom is 0.417 e. The fourth-order valence-electron chi connectivity index (χ4n) is 1.93. The number of nitrogens with two attached hydrogens (primary N) is 1. The number of halogens is 6. The molecule has 1 heterocycles. The highest BCUT2D eigenvalue weighted by Crippen LogP contribution is 2.40. The van der Waals surface area contributed by atoms with Gasteiger partial charge in [-0.1, -0.05) is 40.9 Å². The average Bonchev–Trinajstić information content (AvgIpc) is 2.41. The minimum absolute atomic E-state index is 0.0284. The molecule has 2 amide bonds. The van der Waals surface area contributed by atoms with Crippen LogP contribution in [0, 0.1) is 0 Å². The number of carbonyl (C=O) groups is 1. The van der Waals surface area contributed by atoms with E-state index in [-0.39, 0.29) is 15.7 Å². The molecule has 0 saturated carbocycles. The number of carbonyl (C=O) groups excluding carboxylic acids is 1. The maximum atomic E-state index is 12.7. The van der Waals surface area contributed by atoms with Crippen LogP contribution in [0.3, 0.4) is 0 Å². The van der Waals surface area contributed by atoms with Crippen molar-refractivity contribution in [1.82, 2.24) is 5.32 Å². The van der Waals surface area contributed by atoms with Gasteiger partial charge in [0.1, 0.15) is 0 Å². The summed E-state index contributed by atoms with van der Waals surface area (Å²) in [5.41, 5.74) is 4.31. The smallest absolute Gasteiger partial charge is 0.352 e. The number of para-hydroxylation sites is 1. The van der Waals surface area contributed by atoms with Crippen molar-refractivity contribution in [2.75, 3.05) is 4.90 Å². The highest BCUT2D eigenvalue weighted by atomic mass is 35.5. The van der Waals surface area contributed by atoms with Crippen molar-refractivity contribution in [1.29, 1.82) is 0 Å². The van der Waals surface area contributed by atoms with Crippen molar-refractivity contribution in [2.24, 2.45) is 5.73 Å². The molecule has 0 bridgehead atoms. The molecule has 1 aromatic carbocycles. The lowest BCUT2D eigenvalue weighted by molar-refractivity contribution is -0.0888. The number of rotatable bonds is 2. The number of anilines is 1. The number of alkyl halides is 4. The molecule has 0 aliphatic carbocycles. The summed E-state index contributed by atoms with van der Waals surface area (Å²) in [7, 11) is 0. The molecule has 4 nitrogen and oxygen atoms in total. The molecule has 23 heavy (non-hydrogen) atoms. The normalized spacial score (nSPS) is 20.7. The molecule has 10 heteroatoms. The molecule has 0 fully saturated rings. The Kier molecular flexibility index (Phi) is 4.75. The summed E-state index contributed by atoms with van der Waals surface area (Å²) in [6, 6.07) is 3.33. The van der Waals surface area contributed by atoms with E-state index in [2.05, 4.69) is 5.32 Å². The number of hydrogen-bond acceptors (Lipinski definition) is 2. The zero-order valence-corrected chi connectivity index (χ0v) is 13.4. The van der Waals surface area contributed by atoms with E-state index in [1.807, 2.05) is 0 Å². The standard InChI is InChI=1S/C13H9Cl3F3N3O/c14-8-2-1-3-9(15)10(8)22(11(20)23)12(16)5-4-7(6-21-12)13(17,18)19/h1-6,21H,(H2,20,23). The fraction of sp³-hybridized carbons (Fsp3) is 0.154. The predicted octanol–water partition coefficient (Wildman–Crippen LogP) is 4.38. The largest absolute Gasteiger partial charge is 0.417 e. The van der Waals surface area contributed by atoms with Gasteiger partial charge in [-0.25, -0.2) is 4.79 Å². The quantitative estimate of drug-likeness (QED) is 0.585. The highest BCUT2D eigenvalue weighted by molar-refractivity contribution is 6.41. The Morgan fingerprint density at radius 3 is 2.22 bits per heavy atom. The topological polar surface area (TPSA) is 58.4 Å². The van der Waals surface area contributed by atoms with Crippen LogP contribution in [-0.2, 0) is 0 Å². The van der Waals surface area contributed by atoms with E-state index in [0.717, 1.165) is 17.1 Å². The summed E-state index contributed by atoms with van der Waals surface area (Å²) in [6.07, 6.45) is -2.28. The predicted molar refractivity (Wildman–Crippen MR) is 83.5 cm³/mol. The van der Waals surface area contributed by atoms with E-state index in [4.69, 9.17) is 40.5 Å². The monoisotopic (exact) mass is 385 g/mol. The van der Waals surface area contributed by atoms with Gasteiger partial charge in [-0.3, -0.25) is 4.90 Å². The van der Waals surface area contributed by atoms with E-state index >= 15 is 0 Å². The van der Waals surface area contributed by atoms with Crippen LogP contribution in [0.4, 0.5) is 23.7 Å². The Balaban J connectivity index is 2.47. The van der Waals surface area contributed by atoms with Crippen molar-refractivity contribution in [3.8, 4) is 0 Å². The van der Waals surface area contributed by atoms with Gasteiger partial charge in [-0.15, -0.1) is 0 Å². The van der Waals surface area contributed by atoms with Gasteiger partial charge in [-0.2, -0.15) is 13.2 Å². The van der Waals surface area contributed by atoms with Crippen LogP contribution in [0.25, 0.3) is 0 Å². The number of nitrogens with one attached hydrogen (secondary N) is 1. The van der Waals surface area contributed by atoms with Crippen molar-refractivity contribution in [3.63, 3.8) is 0 Å². The van der Waals surface area contributed by atoms with Gasteiger partial charge in [0.2, 0.25) is 5.12 Å². The lowest BCUT2D eigenvalue weighted by atomic mass is 10.1. The van der Waals surface area contributed by atoms with Crippen LogP contribution in [-0.4, -0.2) is 17.3 Å². The number of dihydropyridines is 1. The molecule has 3 N–H and O–H groups in total. The minimum atomic E-state index is -4.57. The van der Waals surface area contributed by atoms with Crippen molar-refractivity contribution in [3.05, 3.63) is 52.2 Å². The molecule has 1 unspecified atom stereocenters. The van der Waals surface area contributed by atoms with E-state index < -0.39 is 22.9 Å². The van der Waals surface area contributed by atoms with Gasteiger partial charge in [0.05, 0.1) is 21.3 Å². The van der Waals surface area contributed by atoms with Gasteiger partial charge in [-0.05, 0) is 24.3 Å². The number of benzene rings is 1. The molecule has 0 aromatic heterocycles. The number of allylic oxidation sites excluding steroid dienone is 2. The second-order valence-corrected chi connectivity index (χ2v) is 5.88. The maximum absolute atomic E-state index is 12.7. The van der Waals surface area contributed by atoms with Crippen LogP contribution >= 0.6 is 34.8 Å². The number of nitrogens with zero attached hydrogens (tertiary/aromatic N) is 1. The first-order chi connectivity index (χ1) is 10.6. The summed E-state index contributed by atoms with van der Waals surface area (Å²) in [4.78, 5) is 12.6. The third-order valence-corrected chi connectivity index (χ3v) is 3.96. The molecule has 1 aromatic rings. The van der Waals surface area contributed by atoms with Gasteiger partial charge < -0.3 is 11.1 Å². The Morgan fingerprint density at radius 1 is 1.26 bits per heavy atom. The second kappa shape index (κ2) is 6.14. The van der Waals surface area contributed by atoms with E-state index in [9.17, 15) is 18.0 Å². The van der Waals surface area contributed by atoms with Crippen LogP contribution in [0.5, 0.6) is 0 Å². The first-order valence-electron chi connectivity index (χ1n) is 6.03. The van der Waals surface area contributed by atoms with Crippen LogP contribution in [0.2, 0.25) is 10.0 Å². The van der Waals surface area contributed by atoms with Crippen molar-refractivity contribution in [2.45, 2.75) is 11.3 Å². The molecule has 124 valence electrons. The molecule has 1 atom stereocenters. The Hall–Kier alpha value is -1.57. The molecule has 0 spiro atoms. The zero-order valence-electron chi connectivity index (χ0n) is 11.2. The van der Waals surface area contributed by atoms with Crippen molar-refractivity contribution >= 4 is 46.5 Å². The zero-order chi connectivity index (χ0) is 17.4. The number of urea groups is 1. The van der Waals surface area contributed by atoms with Crippen LogP contribution in [0.15, 0.2) is 42.1 Å². The lowest BCUT2D eigenvalue weighted by Gasteiger charge is -2.38. The summed E-state index contributed by atoms with van der Waals surface area (Å²) in [5.74, 6) is 0. The number of primary amides is 1. The SMILES string of the molecule is NC(=O)N(c1c(Cl)cccc1Cl)C1(Cl)C=CC(C(F)(F)F)=CN1. The highest BCUT2D eigenvalue weighted by Gasteiger charge is 2.42. The summed E-state index contributed by atoms with van der Waals surface area (Å²) in [6.45, 7) is 0.